The van der Waals surface area contributed by atoms with Crippen LogP contribution in [-0.4, -0.2) is 14.8 Å². The van der Waals surface area contributed by atoms with E-state index in [1.807, 2.05) is 34.9 Å². The van der Waals surface area contributed by atoms with Crippen molar-refractivity contribution in [1.29, 1.82) is 0 Å². The van der Waals surface area contributed by atoms with Crippen molar-refractivity contribution in [2.24, 2.45) is 0 Å². The normalized spacial score (nSPS) is 10.7. The summed E-state index contributed by atoms with van der Waals surface area (Å²) in [5.74, 6) is 1.66. The molecule has 0 unspecified atom stereocenters. The lowest BCUT2D eigenvalue weighted by Gasteiger charge is -2.09. The number of unbranched alkanes of at least 4 members (excludes halogenated alkanes) is 1. The summed E-state index contributed by atoms with van der Waals surface area (Å²) in [7, 11) is 0. The molecule has 0 saturated carbocycles. The average Bonchev–Trinajstić information content (AvgIpc) is 2.99. The van der Waals surface area contributed by atoms with Crippen LogP contribution >= 0.6 is 12.2 Å². The number of nitrogens with one attached hydrogen (secondary N) is 1. The molecule has 0 aliphatic carbocycles. The molecule has 0 aliphatic rings. The van der Waals surface area contributed by atoms with Crippen molar-refractivity contribution in [2.45, 2.75) is 32.9 Å². The maximum Gasteiger partial charge on any atom is 0.195 e. The maximum atomic E-state index is 5.87. The zero-order valence-electron chi connectivity index (χ0n) is 13.7. The monoisotopic (exact) mass is 339 g/mol. The molecule has 1 N–H and O–H groups in total. The summed E-state index contributed by atoms with van der Waals surface area (Å²) in [6, 6.07) is 18.4. The molecule has 0 fully saturated rings. The van der Waals surface area contributed by atoms with Gasteiger partial charge in [-0.25, -0.2) is 0 Å². The number of hydrogen-bond acceptors (Lipinski definition) is 3. The second kappa shape index (κ2) is 7.93. The highest BCUT2D eigenvalue weighted by Crippen LogP contribution is 2.22. The van der Waals surface area contributed by atoms with Crippen molar-refractivity contribution in [3.05, 3.63) is 65.2 Å². The molecule has 2 aromatic carbocycles. The molecular weight excluding hydrogens is 318 g/mol. The van der Waals surface area contributed by atoms with E-state index in [4.69, 9.17) is 17.0 Å². The van der Waals surface area contributed by atoms with Gasteiger partial charge < -0.3 is 9.30 Å². The fraction of sp³-hybridized carbons (Fsp3) is 0.263. The molecule has 1 aromatic heterocycles. The average molecular weight is 339 g/mol. The minimum absolute atomic E-state index is 0.404. The zero-order chi connectivity index (χ0) is 16.8. The summed E-state index contributed by atoms with van der Waals surface area (Å²) < 4.78 is 8.53. The first kappa shape index (κ1) is 16.5. The van der Waals surface area contributed by atoms with Gasteiger partial charge in [0, 0.05) is 6.54 Å². The molecule has 3 rings (SSSR count). The van der Waals surface area contributed by atoms with Gasteiger partial charge in [0.25, 0.3) is 0 Å². The molecule has 0 atom stereocenters. The van der Waals surface area contributed by atoms with Gasteiger partial charge in [0.2, 0.25) is 0 Å². The highest BCUT2D eigenvalue weighted by Gasteiger charge is 2.07. The van der Waals surface area contributed by atoms with Crippen LogP contribution in [0.4, 0.5) is 0 Å². The molecule has 24 heavy (non-hydrogen) atoms. The molecular formula is C19H21N3OS. The van der Waals surface area contributed by atoms with E-state index in [1.54, 1.807) is 0 Å². The van der Waals surface area contributed by atoms with E-state index >= 15 is 0 Å². The number of aromatic amines is 1. The van der Waals surface area contributed by atoms with Gasteiger partial charge in [0.1, 0.15) is 12.4 Å². The summed E-state index contributed by atoms with van der Waals surface area (Å²) in [5, 5.41) is 7.12. The van der Waals surface area contributed by atoms with Crippen molar-refractivity contribution in [2.75, 3.05) is 0 Å². The Morgan fingerprint density at radius 1 is 1.04 bits per heavy atom. The minimum Gasteiger partial charge on any atom is -0.486 e. The van der Waals surface area contributed by atoms with Crippen molar-refractivity contribution in [3.8, 4) is 16.9 Å². The molecule has 0 bridgehead atoms. The highest BCUT2D eigenvalue weighted by atomic mass is 32.1. The van der Waals surface area contributed by atoms with Crippen LogP contribution in [0.3, 0.4) is 0 Å². The van der Waals surface area contributed by atoms with E-state index in [0.29, 0.717) is 11.4 Å². The van der Waals surface area contributed by atoms with E-state index in [1.165, 1.54) is 11.1 Å². The van der Waals surface area contributed by atoms with Gasteiger partial charge in [0.05, 0.1) is 0 Å². The quantitative estimate of drug-likeness (QED) is 0.617. The van der Waals surface area contributed by atoms with Crippen molar-refractivity contribution < 1.29 is 4.74 Å². The van der Waals surface area contributed by atoms with E-state index in [9.17, 15) is 0 Å². The predicted molar refractivity (Wildman–Crippen MR) is 98.5 cm³/mol. The molecule has 0 radical (unpaired) electrons. The third-order valence-corrected chi connectivity index (χ3v) is 4.21. The van der Waals surface area contributed by atoms with Gasteiger partial charge in [-0.15, -0.1) is 0 Å². The molecule has 0 spiro atoms. The van der Waals surface area contributed by atoms with Crippen LogP contribution in [0.15, 0.2) is 54.6 Å². The van der Waals surface area contributed by atoms with Gasteiger partial charge >= 0.3 is 0 Å². The van der Waals surface area contributed by atoms with Gasteiger partial charge in [-0.2, -0.15) is 5.10 Å². The Morgan fingerprint density at radius 3 is 2.46 bits per heavy atom. The second-order valence-electron chi connectivity index (χ2n) is 5.63. The number of ether oxygens (including phenoxy) is 1. The Kier molecular flexibility index (Phi) is 5.43. The summed E-state index contributed by atoms with van der Waals surface area (Å²) in [5.41, 5.74) is 2.37. The fourth-order valence-electron chi connectivity index (χ4n) is 2.53. The van der Waals surface area contributed by atoms with E-state index in [-0.39, 0.29) is 0 Å². The summed E-state index contributed by atoms with van der Waals surface area (Å²) in [6.45, 7) is 3.44. The molecule has 3 aromatic rings. The predicted octanol–water partition coefficient (Wildman–Crippen LogP) is 4.99. The van der Waals surface area contributed by atoms with E-state index < -0.39 is 0 Å². The first-order valence-corrected chi connectivity index (χ1v) is 8.61. The van der Waals surface area contributed by atoms with Crippen LogP contribution in [0.1, 0.15) is 25.6 Å². The fourth-order valence-corrected chi connectivity index (χ4v) is 2.77. The summed E-state index contributed by atoms with van der Waals surface area (Å²) in [4.78, 5) is 0. The van der Waals surface area contributed by atoms with Crippen LogP contribution in [-0.2, 0) is 13.2 Å². The highest BCUT2D eigenvalue weighted by molar-refractivity contribution is 7.71. The molecule has 0 amide bonds. The second-order valence-corrected chi connectivity index (χ2v) is 6.02. The Bertz CT molecular complexity index is 822. The van der Waals surface area contributed by atoms with Crippen LogP contribution in [0, 0.1) is 4.77 Å². The Balaban J connectivity index is 1.66. The van der Waals surface area contributed by atoms with Gasteiger partial charge in [0.15, 0.2) is 10.6 Å². The summed E-state index contributed by atoms with van der Waals surface area (Å²) in [6.07, 6.45) is 2.20. The SMILES string of the molecule is CCCCn1c(COc2ccc(-c3ccccc3)cc2)n[nH]c1=S. The molecule has 4 nitrogen and oxygen atoms in total. The van der Waals surface area contributed by atoms with Crippen LogP contribution < -0.4 is 4.74 Å². The Morgan fingerprint density at radius 2 is 1.75 bits per heavy atom. The smallest absolute Gasteiger partial charge is 0.195 e. The third-order valence-electron chi connectivity index (χ3n) is 3.90. The van der Waals surface area contributed by atoms with Crippen molar-refractivity contribution in [3.63, 3.8) is 0 Å². The minimum atomic E-state index is 0.404. The van der Waals surface area contributed by atoms with Crippen LogP contribution in [0.5, 0.6) is 5.75 Å². The Labute approximate surface area is 147 Å². The first-order valence-electron chi connectivity index (χ1n) is 8.20. The van der Waals surface area contributed by atoms with Crippen molar-refractivity contribution in [1.82, 2.24) is 14.8 Å². The zero-order valence-corrected chi connectivity index (χ0v) is 14.6. The van der Waals surface area contributed by atoms with Gasteiger partial charge in [-0.05, 0) is 41.9 Å². The molecule has 124 valence electrons. The maximum absolute atomic E-state index is 5.87. The third kappa shape index (κ3) is 3.92. The van der Waals surface area contributed by atoms with Gasteiger partial charge in [-0.1, -0.05) is 55.8 Å². The lowest BCUT2D eigenvalue weighted by molar-refractivity contribution is 0.288. The van der Waals surface area contributed by atoms with E-state index in [0.717, 1.165) is 31.0 Å². The Hall–Kier alpha value is -2.40. The van der Waals surface area contributed by atoms with Crippen molar-refractivity contribution >= 4 is 12.2 Å². The van der Waals surface area contributed by atoms with Crippen LogP contribution in [0.2, 0.25) is 0 Å². The van der Waals surface area contributed by atoms with Gasteiger partial charge in [-0.3, -0.25) is 5.10 Å². The largest absolute Gasteiger partial charge is 0.486 e. The van der Waals surface area contributed by atoms with Crippen LogP contribution in [0.25, 0.3) is 11.1 Å². The number of aromatic nitrogens is 3. The topological polar surface area (TPSA) is 42.8 Å². The molecule has 1 heterocycles. The number of hydrogen-bond donors (Lipinski definition) is 1. The van der Waals surface area contributed by atoms with E-state index in [2.05, 4.69) is 41.4 Å². The molecule has 0 aliphatic heterocycles. The lowest BCUT2D eigenvalue weighted by Crippen LogP contribution is -2.07. The number of rotatable bonds is 7. The number of nitrogens with zero attached hydrogens (tertiary/aromatic N) is 2. The molecule has 0 saturated heterocycles. The number of benzene rings is 2. The number of H-pyrrole nitrogens is 1. The summed E-state index contributed by atoms with van der Waals surface area (Å²) >= 11 is 5.28. The standard InChI is InChI=1S/C19H21N3OS/c1-2-3-13-22-18(20-21-19(22)24)14-23-17-11-9-16(10-12-17)15-7-5-4-6-8-15/h4-12H,2-3,13-14H2,1H3,(H,21,24). The molecule has 5 heteroatoms. The lowest BCUT2D eigenvalue weighted by atomic mass is 10.1. The first-order chi connectivity index (χ1) is 11.8.